The average molecular weight is 320 g/mol. The van der Waals surface area contributed by atoms with Crippen molar-refractivity contribution in [3.63, 3.8) is 0 Å². The number of nitrogens with zero attached hydrogens (tertiary/aromatic N) is 1. The number of carboxylic acid groups (broad SMARTS) is 1. The van der Waals surface area contributed by atoms with Gasteiger partial charge in [0.05, 0.1) is 34.8 Å². The molecule has 0 aliphatic carbocycles. The van der Waals surface area contributed by atoms with Gasteiger partial charge in [-0.1, -0.05) is 29.3 Å². The van der Waals surface area contributed by atoms with E-state index in [1.165, 1.54) is 12.0 Å². The van der Waals surface area contributed by atoms with Gasteiger partial charge in [0.25, 0.3) is 0 Å². The maximum absolute atomic E-state index is 11.2. The molecule has 2 N–H and O–H groups in total. The zero-order chi connectivity index (χ0) is 14.9. The third kappa shape index (κ3) is 3.01. The largest absolute Gasteiger partial charge is 0.465 e. The van der Waals surface area contributed by atoms with Crippen molar-refractivity contribution in [1.29, 1.82) is 0 Å². The van der Waals surface area contributed by atoms with Gasteiger partial charge in [-0.3, -0.25) is 4.90 Å². The van der Waals surface area contributed by atoms with Crippen LogP contribution in [0.5, 0.6) is 0 Å². The molecule has 5 nitrogen and oxygen atoms in total. The van der Waals surface area contributed by atoms with Crippen LogP contribution in [0.2, 0.25) is 10.0 Å². The Morgan fingerprint density at radius 1 is 1.45 bits per heavy atom. The summed E-state index contributed by atoms with van der Waals surface area (Å²) in [6.07, 6.45) is -1.83. The lowest BCUT2D eigenvalue weighted by atomic mass is 10.00. The highest BCUT2D eigenvalue weighted by Gasteiger charge is 2.40. The number of hydrogen-bond acceptors (Lipinski definition) is 3. The second kappa shape index (κ2) is 6.18. The summed E-state index contributed by atoms with van der Waals surface area (Å²) in [5, 5.41) is 20.3. The average Bonchev–Trinajstić information content (AvgIpc) is 2.85. The van der Waals surface area contributed by atoms with E-state index in [0.29, 0.717) is 22.0 Å². The van der Waals surface area contributed by atoms with Crippen LogP contribution in [-0.2, 0) is 4.74 Å². The number of likely N-dealkylation sites (tertiary alicyclic amines) is 1. The summed E-state index contributed by atoms with van der Waals surface area (Å²) in [5.74, 6) is 0. The predicted octanol–water partition coefficient (Wildman–Crippen LogP) is 2.79. The summed E-state index contributed by atoms with van der Waals surface area (Å²) in [4.78, 5) is 12.4. The number of methoxy groups -OCH3 is 1. The summed E-state index contributed by atoms with van der Waals surface area (Å²) in [6.45, 7) is 0.245. The normalized spacial score (nSPS) is 23.9. The molecule has 0 spiro atoms. The van der Waals surface area contributed by atoms with Gasteiger partial charge >= 0.3 is 6.09 Å². The molecule has 1 fully saturated rings. The molecule has 110 valence electrons. The zero-order valence-electron chi connectivity index (χ0n) is 10.8. The number of carbonyl (C=O) groups is 1. The van der Waals surface area contributed by atoms with Gasteiger partial charge < -0.3 is 14.9 Å². The van der Waals surface area contributed by atoms with Crippen molar-refractivity contribution < 1.29 is 19.7 Å². The Morgan fingerprint density at radius 2 is 2.15 bits per heavy atom. The number of hydrogen-bond donors (Lipinski definition) is 2. The molecule has 7 heteroatoms. The van der Waals surface area contributed by atoms with E-state index in [4.69, 9.17) is 27.9 Å². The minimum absolute atomic E-state index is 0.214. The Balaban J connectivity index is 2.23. The van der Waals surface area contributed by atoms with Crippen LogP contribution < -0.4 is 0 Å². The number of aliphatic hydroxyl groups is 1. The fourth-order valence-corrected chi connectivity index (χ4v) is 2.74. The summed E-state index contributed by atoms with van der Waals surface area (Å²) in [6, 6.07) is 4.21. The Morgan fingerprint density at radius 3 is 2.70 bits per heavy atom. The number of aliphatic hydroxyl groups excluding tert-OH is 1. The Hall–Kier alpha value is -1.01. The van der Waals surface area contributed by atoms with Crippen molar-refractivity contribution in [1.82, 2.24) is 4.90 Å². The van der Waals surface area contributed by atoms with Crippen LogP contribution in [0.1, 0.15) is 18.1 Å². The van der Waals surface area contributed by atoms with E-state index < -0.39 is 18.2 Å². The van der Waals surface area contributed by atoms with Gasteiger partial charge in [-0.05, 0) is 24.1 Å². The molecular weight excluding hydrogens is 305 g/mol. The number of halogens is 2. The van der Waals surface area contributed by atoms with Gasteiger partial charge in [0.2, 0.25) is 0 Å². The number of ether oxygens (including phenoxy) is 1. The second-order valence-corrected chi connectivity index (χ2v) is 5.53. The van der Waals surface area contributed by atoms with Gasteiger partial charge in [0, 0.05) is 7.11 Å². The molecule has 0 saturated carbocycles. The summed E-state index contributed by atoms with van der Waals surface area (Å²) < 4.78 is 5.19. The first-order chi connectivity index (χ1) is 9.43. The second-order valence-electron chi connectivity index (χ2n) is 4.71. The third-order valence-corrected chi connectivity index (χ3v) is 4.27. The lowest BCUT2D eigenvalue weighted by molar-refractivity contribution is 0.0677. The zero-order valence-corrected chi connectivity index (χ0v) is 12.3. The molecule has 0 radical (unpaired) electrons. The van der Waals surface area contributed by atoms with E-state index in [1.54, 1.807) is 18.2 Å². The van der Waals surface area contributed by atoms with Crippen molar-refractivity contribution >= 4 is 29.3 Å². The maximum Gasteiger partial charge on any atom is 0.407 e. The van der Waals surface area contributed by atoms with Gasteiger partial charge in [-0.2, -0.15) is 0 Å². The van der Waals surface area contributed by atoms with Gasteiger partial charge in [0.1, 0.15) is 0 Å². The lowest BCUT2D eigenvalue weighted by Crippen LogP contribution is -2.38. The SMILES string of the molecule is COC1CC(C(O)c2ccc(Cl)c(Cl)c2)N(C(=O)O)C1. The molecular formula is C13H15Cl2NO4. The molecule has 3 unspecified atom stereocenters. The predicted molar refractivity (Wildman–Crippen MR) is 75.4 cm³/mol. The number of amides is 1. The van der Waals surface area contributed by atoms with Crippen molar-refractivity contribution in [2.24, 2.45) is 0 Å². The van der Waals surface area contributed by atoms with Crippen molar-refractivity contribution in [3.05, 3.63) is 33.8 Å². The molecule has 20 heavy (non-hydrogen) atoms. The Labute approximate surface area is 126 Å². The van der Waals surface area contributed by atoms with Gasteiger partial charge in [-0.15, -0.1) is 0 Å². The van der Waals surface area contributed by atoms with Crippen LogP contribution in [0.3, 0.4) is 0 Å². The Kier molecular flexibility index (Phi) is 4.75. The smallest absolute Gasteiger partial charge is 0.407 e. The lowest BCUT2D eigenvalue weighted by Gasteiger charge is -2.26. The van der Waals surface area contributed by atoms with Gasteiger partial charge in [0.15, 0.2) is 0 Å². The van der Waals surface area contributed by atoms with E-state index in [1.807, 2.05) is 0 Å². The van der Waals surface area contributed by atoms with Crippen molar-refractivity contribution in [3.8, 4) is 0 Å². The minimum Gasteiger partial charge on any atom is -0.465 e. The summed E-state index contributed by atoms with van der Waals surface area (Å²) >= 11 is 11.8. The number of rotatable bonds is 3. The topological polar surface area (TPSA) is 70.0 Å². The first-order valence-electron chi connectivity index (χ1n) is 6.09. The van der Waals surface area contributed by atoms with Crippen LogP contribution in [0.4, 0.5) is 4.79 Å². The van der Waals surface area contributed by atoms with Crippen LogP contribution in [0, 0.1) is 0 Å². The van der Waals surface area contributed by atoms with Crippen LogP contribution in [-0.4, -0.2) is 47.0 Å². The van der Waals surface area contributed by atoms with Crippen molar-refractivity contribution in [2.75, 3.05) is 13.7 Å². The highest BCUT2D eigenvalue weighted by atomic mass is 35.5. The Bertz CT molecular complexity index is 511. The fourth-order valence-electron chi connectivity index (χ4n) is 2.43. The molecule has 1 aromatic rings. The molecule has 1 aliphatic heterocycles. The van der Waals surface area contributed by atoms with Crippen molar-refractivity contribution in [2.45, 2.75) is 24.7 Å². The molecule has 2 rings (SSSR count). The van der Waals surface area contributed by atoms with E-state index in [0.717, 1.165) is 0 Å². The molecule has 1 heterocycles. The summed E-state index contributed by atoms with van der Waals surface area (Å²) in [5.41, 5.74) is 0.535. The molecule has 0 bridgehead atoms. The molecule has 1 amide bonds. The molecule has 1 saturated heterocycles. The van der Waals surface area contributed by atoms with E-state index >= 15 is 0 Å². The van der Waals surface area contributed by atoms with E-state index in [2.05, 4.69) is 0 Å². The van der Waals surface area contributed by atoms with E-state index in [-0.39, 0.29) is 12.6 Å². The summed E-state index contributed by atoms with van der Waals surface area (Å²) in [7, 11) is 1.53. The highest BCUT2D eigenvalue weighted by molar-refractivity contribution is 6.42. The maximum atomic E-state index is 11.2. The number of benzene rings is 1. The quantitative estimate of drug-likeness (QED) is 0.898. The first-order valence-corrected chi connectivity index (χ1v) is 6.85. The first kappa shape index (κ1) is 15.4. The molecule has 0 aromatic heterocycles. The van der Waals surface area contributed by atoms with Gasteiger partial charge in [-0.25, -0.2) is 4.79 Å². The van der Waals surface area contributed by atoms with E-state index in [9.17, 15) is 15.0 Å². The molecule has 1 aliphatic rings. The molecule has 1 aromatic carbocycles. The highest BCUT2D eigenvalue weighted by Crippen LogP contribution is 2.33. The van der Waals surface area contributed by atoms with Crippen LogP contribution in [0.15, 0.2) is 18.2 Å². The minimum atomic E-state index is -1.08. The monoisotopic (exact) mass is 319 g/mol. The third-order valence-electron chi connectivity index (χ3n) is 3.53. The standard InChI is InChI=1S/C13H15Cl2NO4/c1-20-8-5-11(16(6-8)13(18)19)12(17)7-2-3-9(14)10(15)4-7/h2-4,8,11-12,17H,5-6H2,1H3,(H,18,19). The van der Waals surface area contributed by atoms with Crippen LogP contribution in [0.25, 0.3) is 0 Å². The fraction of sp³-hybridized carbons (Fsp3) is 0.462. The molecule has 3 atom stereocenters. The van der Waals surface area contributed by atoms with Crippen LogP contribution >= 0.6 is 23.2 Å².